The second-order valence-corrected chi connectivity index (χ2v) is 10.9. The van der Waals surface area contributed by atoms with Crippen LogP contribution in [0, 0.1) is 5.41 Å². The number of carbonyl (C=O) groups excluding carboxylic acids is 2. The van der Waals surface area contributed by atoms with Crippen LogP contribution in [-0.4, -0.2) is 78.6 Å². The van der Waals surface area contributed by atoms with Crippen LogP contribution in [0.3, 0.4) is 0 Å². The lowest BCUT2D eigenvalue weighted by atomic mass is 9.60. The minimum atomic E-state index is -3.58. The Kier molecular flexibility index (Phi) is 7.04. The Morgan fingerprint density at radius 2 is 1.92 bits per heavy atom. The number of pyridine rings is 1. The van der Waals surface area contributed by atoms with Crippen LogP contribution in [0.2, 0.25) is 0 Å². The van der Waals surface area contributed by atoms with Crippen molar-refractivity contribution in [1.82, 2.24) is 25.6 Å². The van der Waals surface area contributed by atoms with E-state index in [4.69, 9.17) is 4.74 Å². The van der Waals surface area contributed by atoms with Crippen LogP contribution in [0.15, 0.2) is 18.5 Å². The van der Waals surface area contributed by atoms with Crippen molar-refractivity contribution in [3.05, 3.63) is 24.2 Å². The van der Waals surface area contributed by atoms with Gasteiger partial charge in [-0.25, -0.2) is 9.97 Å². The van der Waals surface area contributed by atoms with Gasteiger partial charge in [0.25, 0.3) is 11.8 Å². The number of amides is 2. The maximum absolute atomic E-state index is 14.6. The highest BCUT2D eigenvalue weighted by Crippen LogP contribution is 2.48. The molecule has 0 aromatic carbocycles. The fourth-order valence-electron chi connectivity index (χ4n) is 5.67. The molecule has 210 valence electrons. The quantitative estimate of drug-likeness (QED) is 0.504. The maximum Gasteiger partial charge on any atom is 0.342 e. The second-order valence-electron chi connectivity index (χ2n) is 10.9. The fourth-order valence-corrected chi connectivity index (χ4v) is 5.67. The molecule has 1 spiro atoms. The molecule has 0 atom stereocenters. The summed E-state index contributed by atoms with van der Waals surface area (Å²) in [5.41, 5.74) is 1.14. The smallest absolute Gasteiger partial charge is 0.342 e. The van der Waals surface area contributed by atoms with Crippen molar-refractivity contribution in [2.45, 2.75) is 57.5 Å². The fraction of sp³-hybridized carbons (Fsp3) is 0.577. The maximum atomic E-state index is 14.6. The molecule has 2 amide bonds. The summed E-state index contributed by atoms with van der Waals surface area (Å²) < 4.78 is 34.6. The predicted molar refractivity (Wildman–Crippen MR) is 142 cm³/mol. The average molecular weight is 545 g/mol. The predicted octanol–water partition coefficient (Wildman–Crippen LogP) is 2.71. The summed E-state index contributed by atoms with van der Waals surface area (Å²) in [6.45, 7) is 4.75. The Hall–Kier alpha value is -3.61. The van der Waals surface area contributed by atoms with Crippen LogP contribution >= 0.6 is 0 Å². The molecule has 1 aliphatic carbocycles. The standard InChI is InChI=1S/C26H34F2N8O3/c1-15(2)36-14-26(27,28)23(38)35(3)19-13-31-24(34-21(19)36)33-18-12-30-17(9-20(18)39-4)22(37)32-16-10-25(11-16)5-7-29-8-6-25/h9,12-13,15-16,29H,5-8,10-11,14H2,1-4H3,(H,32,37)(H,31,33,34). The van der Waals surface area contributed by atoms with E-state index in [0.717, 1.165) is 43.7 Å². The van der Waals surface area contributed by atoms with E-state index in [0.29, 0.717) is 16.9 Å². The van der Waals surface area contributed by atoms with Crippen molar-refractivity contribution in [3.63, 3.8) is 0 Å². The molecule has 1 saturated heterocycles. The van der Waals surface area contributed by atoms with E-state index in [9.17, 15) is 18.4 Å². The number of carbonyl (C=O) groups is 2. The molecule has 11 nitrogen and oxygen atoms in total. The van der Waals surface area contributed by atoms with E-state index in [-0.39, 0.29) is 41.1 Å². The van der Waals surface area contributed by atoms with E-state index >= 15 is 0 Å². The van der Waals surface area contributed by atoms with Crippen LogP contribution in [0.5, 0.6) is 5.75 Å². The van der Waals surface area contributed by atoms with Crippen LogP contribution in [-0.2, 0) is 4.79 Å². The topological polar surface area (TPSA) is 125 Å². The number of rotatable bonds is 6. The first-order chi connectivity index (χ1) is 18.5. The number of nitrogens with one attached hydrogen (secondary N) is 3. The summed E-state index contributed by atoms with van der Waals surface area (Å²) in [5, 5.41) is 9.46. The van der Waals surface area contributed by atoms with Crippen molar-refractivity contribution < 1.29 is 23.1 Å². The van der Waals surface area contributed by atoms with E-state index < -0.39 is 18.4 Å². The first-order valence-corrected chi connectivity index (χ1v) is 13.1. The van der Waals surface area contributed by atoms with Gasteiger partial charge in [-0.1, -0.05) is 0 Å². The largest absolute Gasteiger partial charge is 0.494 e. The van der Waals surface area contributed by atoms with Crippen molar-refractivity contribution in [1.29, 1.82) is 0 Å². The van der Waals surface area contributed by atoms with Crippen LogP contribution < -0.4 is 30.5 Å². The van der Waals surface area contributed by atoms with E-state index in [1.165, 1.54) is 37.5 Å². The lowest BCUT2D eigenvalue weighted by Gasteiger charge is -2.50. The Morgan fingerprint density at radius 3 is 2.59 bits per heavy atom. The zero-order valence-electron chi connectivity index (χ0n) is 22.6. The van der Waals surface area contributed by atoms with E-state index in [2.05, 4.69) is 30.9 Å². The normalized spacial score (nSPS) is 20.3. The average Bonchev–Trinajstić information content (AvgIpc) is 2.97. The number of piperidine rings is 1. The first-order valence-electron chi connectivity index (χ1n) is 13.1. The molecule has 2 fully saturated rings. The Balaban J connectivity index is 1.32. The number of hydrogen-bond donors (Lipinski definition) is 3. The van der Waals surface area contributed by atoms with Gasteiger partial charge >= 0.3 is 5.92 Å². The Morgan fingerprint density at radius 1 is 1.21 bits per heavy atom. The molecule has 2 aromatic rings. The molecule has 2 aromatic heterocycles. The third-order valence-corrected chi connectivity index (χ3v) is 7.92. The number of halogens is 2. The number of ether oxygens (including phenoxy) is 1. The minimum Gasteiger partial charge on any atom is -0.494 e. The molecule has 1 saturated carbocycles. The number of fused-ring (bicyclic) bond motifs is 1. The highest BCUT2D eigenvalue weighted by molar-refractivity contribution is 6.02. The second kappa shape index (κ2) is 10.2. The molecule has 0 radical (unpaired) electrons. The summed E-state index contributed by atoms with van der Waals surface area (Å²) in [6, 6.07) is 1.31. The molecule has 2 aliphatic heterocycles. The molecule has 39 heavy (non-hydrogen) atoms. The third kappa shape index (κ3) is 5.19. The Bertz CT molecular complexity index is 1260. The molecule has 0 bridgehead atoms. The van der Waals surface area contributed by atoms with Crippen molar-refractivity contribution in [2.75, 3.05) is 48.9 Å². The van der Waals surface area contributed by atoms with Crippen LogP contribution in [0.25, 0.3) is 0 Å². The lowest BCUT2D eigenvalue weighted by molar-refractivity contribution is -0.140. The highest BCUT2D eigenvalue weighted by Gasteiger charge is 2.48. The summed E-state index contributed by atoms with van der Waals surface area (Å²) >= 11 is 0. The van der Waals surface area contributed by atoms with Crippen LogP contribution in [0.4, 0.5) is 31.9 Å². The summed E-state index contributed by atoms with van der Waals surface area (Å²) in [4.78, 5) is 40.5. The molecule has 5 rings (SSSR count). The summed E-state index contributed by atoms with van der Waals surface area (Å²) in [6.07, 6.45) is 7.01. The molecular weight excluding hydrogens is 510 g/mol. The number of hydrogen-bond acceptors (Lipinski definition) is 9. The molecule has 3 aliphatic rings. The van der Waals surface area contributed by atoms with Gasteiger partial charge in [-0.05, 0) is 58.0 Å². The van der Waals surface area contributed by atoms with Crippen molar-refractivity contribution in [2.24, 2.45) is 5.41 Å². The number of aromatic nitrogens is 3. The number of nitrogens with zero attached hydrogens (tertiary/aromatic N) is 5. The van der Waals surface area contributed by atoms with Gasteiger partial charge in [0.05, 0.1) is 26.0 Å². The monoisotopic (exact) mass is 544 g/mol. The van der Waals surface area contributed by atoms with Gasteiger partial charge in [0, 0.05) is 25.2 Å². The minimum absolute atomic E-state index is 0.101. The third-order valence-electron chi connectivity index (χ3n) is 7.92. The molecular formula is C26H34F2N8O3. The SMILES string of the molecule is COc1cc(C(=O)NC2CC3(CCNCC3)C2)ncc1Nc1ncc2c(n1)N(C(C)C)CC(F)(F)C(=O)N2C. The molecule has 0 unspecified atom stereocenters. The highest BCUT2D eigenvalue weighted by atomic mass is 19.3. The summed E-state index contributed by atoms with van der Waals surface area (Å²) in [7, 11) is 2.75. The van der Waals surface area contributed by atoms with Gasteiger partial charge in [0.15, 0.2) is 5.82 Å². The van der Waals surface area contributed by atoms with Gasteiger partial charge in [0.2, 0.25) is 5.95 Å². The van der Waals surface area contributed by atoms with Crippen molar-refractivity contribution >= 4 is 35.0 Å². The van der Waals surface area contributed by atoms with Crippen molar-refractivity contribution in [3.8, 4) is 5.75 Å². The number of methoxy groups -OCH3 is 1. The first kappa shape index (κ1) is 27.0. The van der Waals surface area contributed by atoms with E-state index in [1.807, 2.05) is 0 Å². The zero-order chi connectivity index (χ0) is 27.9. The summed E-state index contributed by atoms with van der Waals surface area (Å²) in [5.74, 6) is -4.52. The van der Waals surface area contributed by atoms with E-state index in [1.54, 1.807) is 13.8 Å². The van der Waals surface area contributed by atoms with Crippen LogP contribution in [0.1, 0.15) is 50.0 Å². The van der Waals surface area contributed by atoms with Gasteiger partial charge in [-0.2, -0.15) is 13.8 Å². The number of anilines is 4. The zero-order valence-corrected chi connectivity index (χ0v) is 22.6. The number of alkyl halides is 2. The van der Waals surface area contributed by atoms with Gasteiger partial charge < -0.3 is 30.5 Å². The van der Waals surface area contributed by atoms with Gasteiger partial charge in [-0.15, -0.1) is 0 Å². The lowest BCUT2D eigenvalue weighted by Crippen LogP contribution is -2.54. The molecule has 13 heteroatoms. The molecule has 3 N–H and O–H groups in total. The Labute approximate surface area is 225 Å². The molecule has 4 heterocycles. The van der Waals surface area contributed by atoms with Gasteiger partial charge in [-0.3, -0.25) is 9.59 Å². The van der Waals surface area contributed by atoms with Gasteiger partial charge in [0.1, 0.15) is 22.8 Å².